The van der Waals surface area contributed by atoms with Gasteiger partial charge in [0.2, 0.25) is 5.91 Å². The van der Waals surface area contributed by atoms with Gasteiger partial charge in [0.1, 0.15) is 17.4 Å². The lowest BCUT2D eigenvalue weighted by Crippen LogP contribution is -2.41. The SMILES string of the molecule is O=C(NCc1ccco1)Nc1ccc(NC(=O)C2CCN(C(=O)c3ccc(F)cc3F)CC2)cc1. The van der Waals surface area contributed by atoms with E-state index >= 15 is 0 Å². The number of hydrogen-bond acceptors (Lipinski definition) is 4. The smallest absolute Gasteiger partial charge is 0.319 e. The zero-order valence-corrected chi connectivity index (χ0v) is 18.7. The minimum atomic E-state index is -0.900. The van der Waals surface area contributed by atoms with Gasteiger partial charge in [-0.25, -0.2) is 13.6 Å². The van der Waals surface area contributed by atoms with E-state index in [1.165, 1.54) is 11.2 Å². The van der Waals surface area contributed by atoms with Crippen molar-refractivity contribution in [2.75, 3.05) is 23.7 Å². The molecule has 35 heavy (non-hydrogen) atoms. The molecule has 1 aliphatic heterocycles. The topological polar surface area (TPSA) is 104 Å². The lowest BCUT2D eigenvalue weighted by atomic mass is 9.95. The molecule has 182 valence electrons. The fraction of sp³-hybridized carbons (Fsp3) is 0.240. The summed E-state index contributed by atoms with van der Waals surface area (Å²) in [6, 6.07) is 12.7. The van der Waals surface area contributed by atoms with Crippen molar-refractivity contribution in [3.8, 4) is 0 Å². The van der Waals surface area contributed by atoms with Crippen molar-refractivity contribution in [2.24, 2.45) is 5.92 Å². The molecular formula is C25H24F2N4O4. The van der Waals surface area contributed by atoms with Crippen LogP contribution >= 0.6 is 0 Å². The van der Waals surface area contributed by atoms with E-state index in [0.29, 0.717) is 49.1 Å². The Hall–Kier alpha value is -4.21. The van der Waals surface area contributed by atoms with Crippen molar-refractivity contribution in [3.05, 3.63) is 83.8 Å². The van der Waals surface area contributed by atoms with Gasteiger partial charge in [-0.1, -0.05) is 0 Å². The first kappa shape index (κ1) is 23.9. The molecule has 8 nitrogen and oxygen atoms in total. The van der Waals surface area contributed by atoms with E-state index in [4.69, 9.17) is 4.42 Å². The molecule has 3 aromatic rings. The van der Waals surface area contributed by atoms with Crippen molar-refractivity contribution < 1.29 is 27.6 Å². The van der Waals surface area contributed by atoms with E-state index in [2.05, 4.69) is 16.0 Å². The number of furan rings is 1. The Bertz CT molecular complexity index is 1190. The van der Waals surface area contributed by atoms with Crippen molar-refractivity contribution in [1.82, 2.24) is 10.2 Å². The van der Waals surface area contributed by atoms with E-state index in [-0.39, 0.29) is 30.0 Å². The van der Waals surface area contributed by atoms with Crippen molar-refractivity contribution in [1.29, 1.82) is 0 Å². The highest BCUT2D eigenvalue weighted by molar-refractivity contribution is 5.96. The lowest BCUT2D eigenvalue weighted by molar-refractivity contribution is -0.121. The standard InChI is InChI=1S/C25H24F2N4O4/c26-17-3-8-21(22(27)14-17)24(33)31-11-9-16(10-12-31)23(32)29-18-4-6-19(7-5-18)30-25(34)28-15-20-2-1-13-35-20/h1-8,13-14,16H,9-12,15H2,(H,29,32)(H2,28,30,34). The Labute approximate surface area is 200 Å². The molecule has 10 heteroatoms. The minimum Gasteiger partial charge on any atom is -0.467 e. The van der Waals surface area contributed by atoms with Gasteiger partial charge in [0, 0.05) is 36.4 Å². The molecule has 0 saturated carbocycles. The molecule has 4 rings (SSSR count). The number of rotatable bonds is 6. The summed E-state index contributed by atoms with van der Waals surface area (Å²) in [6.07, 6.45) is 2.38. The molecule has 1 saturated heterocycles. The number of anilines is 2. The van der Waals surface area contributed by atoms with Crippen LogP contribution in [0.25, 0.3) is 0 Å². The normalized spacial score (nSPS) is 13.8. The Morgan fingerprint density at radius 2 is 1.63 bits per heavy atom. The molecule has 2 heterocycles. The first-order valence-corrected chi connectivity index (χ1v) is 11.1. The lowest BCUT2D eigenvalue weighted by Gasteiger charge is -2.31. The van der Waals surface area contributed by atoms with Crippen molar-refractivity contribution in [3.63, 3.8) is 0 Å². The summed E-state index contributed by atoms with van der Waals surface area (Å²) in [5.74, 6) is -2.01. The van der Waals surface area contributed by atoms with Crippen LogP contribution in [-0.4, -0.2) is 35.8 Å². The summed E-state index contributed by atoms with van der Waals surface area (Å²) < 4.78 is 32.2. The summed E-state index contributed by atoms with van der Waals surface area (Å²) in [6.45, 7) is 0.851. The maximum Gasteiger partial charge on any atom is 0.319 e. The summed E-state index contributed by atoms with van der Waals surface area (Å²) >= 11 is 0. The number of hydrogen-bond donors (Lipinski definition) is 3. The minimum absolute atomic E-state index is 0.179. The Balaban J connectivity index is 1.23. The van der Waals surface area contributed by atoms with E-state index in [1.54, 1.807) is 36.4 Å². The fourth-order valence-corrected chi connectivity index (χ4v) is 3.82. The number of nitrogens with one attached hydrogen (secondary N) is 3. The van der Waals surface area contributed by atoms with Gasteiger partial charge in [-0.2, -0.15) is 0 Å². The summed E-state index contributed by atoms with van der Waals surface area (Å²) in [5.41, 5.74) is 0.945. The van der Waals surface area contributed by atoms with Crippen LogP contribution in [0, 0.1) is 17.6 Å². The maximum atomic E-state index is 13.9. The van der Waals surface area contributed by atoms with Gasteiger partial charge in [0.25, 0.3) is 5.91 Å². The highest BCUT2D eigenvalue weighted by Crippen LogP contribution is 2.23. The largest absolute Gasteiger partial charge is 0.467 e. The second-order valence-corrected chi connectivity index (χ2v) is 8.14. The Morgan fingerprint density at radius 3 is 2.26 bits per heavy atom. The van der Waals surface area contributed by atoms with Crippen LogP contribution in [0.15, 0.2) is 65.3 Å². The number of likely N-dealkylation sites (tertiary alicyclic amines) is 1. The van der Waals surface area contributed by atoms with Crippen LogP contribution in [0.5, 0.6) is 0 Å². The quantitative estimate of drug-likeness (QED) is 0.485. The Morgan fingerprint density at radius 1 is 0.943 bits per heavy atom. The van der Waals surface area contributed by atoms with Crippen LogP contribution in [0.4, 0.5) is 25.0 Å². The Kier molecular flexibility index (Phi) is 7.39. The van der Waals surface area contributed by atoms with Gasteiger partial charge in [0.15, 0.2) is 0 Å². The first-order valence-electron chi connectivity index (χ1n) is 11.1. The molecular weight excluding hydrogens is 458 g/mol. The van der Waals surface area contributed by atoms with Crippen molar-refractivity contribution >= 4 is 29.2 Å². The van der Waals surface area contributed by atoms with E-state index in [0.717, 1.165) is 12.1 Å². The summed E-state index contributed by atoms with van der Waals surface area (Å²) in [7, 11) is 0. The average Bonchev–Trinajstić information content (AvgIpc) is 3.37. The van der Waals surface area contributed by atoms with Crippen molar-refractivity contribution in [2.45, 2.75) is 19.4 Å². The molecule has 0 spiro atoms. The van der Waals surface area contributed by atoms with E-state index in [9.17, 15) is 23.2 Å². The highest BCUT2D eigenvalue weighted by atomic mass is 19.1. The third-order valence-electron chi connectivity index (χ3n) is 5.73. The molecule has 0 aliphatic carbocycles. The van der Waals surface area contributed by atoms with Crippen LogP contribution in [-0.2, 0) is 11.3 Å². The molecule has 1 aromatic heterocycles. The molecule has 0 unspecified atom stereocenters. The van der Waals surface area contributed by atoms with Gasteiger partial charge in [-0.3, -0.25) is 9.59 Å². The zero-order valence-electron chi connectivity index (χ0n) is 18.7. The second-order valence-electron chi connectivity index (χ2n) is 8.14. The molecule has 2 aromatic carbocycles. The molecule has 1 fully saturated rings. The number of nitrogens with zero attached hydrogens (tertiary/aromatic N) is 1. The predicted octanol–water partition coefficient (Wildman–Crippen LogP) is 4.37. The van der Waals surface area contributed by atoms with Crippen LogP contribution < -0.4 is 16.0 Å². The average molecular weight is 482 g/mol. The molecule has 1 aliphatic rings. The number of piperidine rings is 1. The number of urea groups is 1. The first-order chi connectivity index (χ1) is 16.9. The number of benzene rings is 2. The molecule has 0 radical (unpaired) electrons. The van der Waals surface area contributed by atoms with E-state index < -0.39 is 17.5 Å². The number of halogens is 2. The van der Waals surface area contributed by atoms with Gasteiger partial charge in [-0.05, 0) is 61.4 Å². The monoisotopic (exact) mass is 482 g/mol. The summed E-state index contributed by atoms with van der Waals surface area (Å²) in [5, 5.41) is 8.21. The van der Waals surface area contributed by atoms with Gasteiger partial charge in [0.05, 0.1) is 18.4 Å². The van der Waals surface area contributed by atoms with E-state index in [1.807, 2.05) is 0 Å². The molecule has 3 N–H and O–H groups in total. The van der Waals surface area contributed by atoms with Gasteiger partial charge < -0.3 is 25.3 Å². The van der Waals surface area contributed by atoms with Crippen LogP contribution in [0.1, 0.15) is 29.0 Å². The number of amides is 4. The summed E-state index contributed by atoms with van der Waals surface area (Å²) in [4.78, 5) is 38.6. The van der Waals surface area contributed by atoms with Gasteiger partial charge >= 0.3 is 6.03 Å². The fourth-order valence-electron chi connectivity index (χ4n) is 3.82. The maximum absolute atomic E-state index is 13.9. The third kappa shape index (κ3) is 6.23. The zero-order chi connectivity index (χ0) is 24.8. The molecule has 0 atom stereocenters. The van der Waals surface area contributed by atoms with Crippen LogP contribution in [0.2, 0.25) is 0 Å². The highest BCUT2D eigenvalue weighted by Gasteiger charge is 2.29. The second kappa shape index (κ2) is 10.8. The number of carbonyl (C=O) groups is 3. The molecule has 0 bridgehead atoms. The van der Waals surface area contributed by atoms with Crippen LogP contribution in [0.3, 0.4) is 0 Å². The number of carbonyl (C=O) groups excluding carboxylic acids is 3. The predicted molar refractivity (Wildman–Crippen MR) is 125 cm³/mol. The van der Waals surface area contributed by atoms with Gasteiger partial charge in [-0.15, -0.1) is 0 Å². The molecule has 4 amide bonds. The third-order valence-corrected chi connectivity index (χ3v) is 5.73.